The number of hydrogen-bond donors (Lipinski definition) is 3. The minimum absolute atomic E-state index is 0.0101. The SMILES string of the molecule is CC(NC(=O)NCC(C)(O)c1ccco1)c1nc(C2CCCC2)no1. The molecular weight excluding hydrogens is 324 g/mol. The molecule has 2 aromatic heterocycles. The van der Waals surface area contributed by atoms with E-state index in [9.17, 15) is 9.90 Å². The van der Waals surface area contributed by atoms with Gasteiger partial charge in [-0.15, -0.1) is 0 Å². The fraction of sp³-hybridized carbons (Fsp3) is 0.588. The number of aliphatic hydroxyl groups is 1. The molecule has 1 fully saturated rings. The van der Waals surface area contributed by atoms with Crippen molar-refractivity contribution in [1.29, 1.82) is 0 Å². The van der Waals surface area contributed by atoms with Gasteiger partial charge in [0.1, 0.15) is 17.4 Å². The van der Waals surface area contributed by atoms with Gasteiger partial charge in [-0.3, -0.25) is 0 Å². The second-order valence-electron chi connectivity index (χ2n) is 6.77. The number of carbonyl (C=O) groups is 1. The van der Waals surface area contributed by atoms with Gasteiger partial charge >= 0.3 is 6.03 Å². The van der Waals surface area contributed by atoms with E-state index in [0.29, 0.717) is 17.6 Å². The number of carbonyl (C=O) groups excluding carboxylic acids is 1. The molecule has 0 aromatic carbocycles. The molecule has 2 atom stereocenters. The van der Waals surface area contributed by atoms with Gasteiger partial charge in [0.25, 0.3) is 0 Å². The van der Waals surface area contributed by atoms with Crippen LogP contribution in [0.1, 0.15) is 69.0 Å². The average molecular weight is 348 g/mol. The molecule has 136 valence electrons. The average Bonchev–Trinajstić information content (AvgIpc) is 3.34. The van der Waals surface area contributed by atoms with Gasteiger partial charge in [0.05, 0.1) is 12.8 Å². The van der Waals surface area contributed by atoms with Crippen molar-refractivity contribution in [2.45, 2.75) is 57.1 Å². The van der Waals surface area contributed by atoms with E-state index in [4.69, 9.17) is 8.94 Å². The zero-order chi connectivity index (χ0) is 17.9. The van der Waals surface area contributed by atoms with Crippen LogP contribution < -0.4 is 10.6 Å². The first-order valence-corrected chi connectivity index (χ1v) is 8.60. The molecule has 2 unspecified atom stereocenters. The molecule has 0 spiro atoms. The Bertz CT molecular complexity index is 689. The van der Waals surface area contributed by atoms with Crippen LogP contribution in [0.2, 0.25) is 0 Å². The van der Waals surface area contributed by atoms with Crippen molar-refractivity contribution in [3.63, 3.8) is 0 Å². The van der Waals surface area contributed by atoms with E-state index in [1.807, 2.05) is 0 Å². The molecule has 0 bridgehead atoms. The molecule has 2 amide bonds. The summed E-state index contributed by atoms with van der Waals surface area (Å²) in [6.45, 7) is 3.36. The molecule has 8 heteroatoms. The van der Waals surface area contributed by atoms with Gasteiger partial charge in [-0.2, -0.15) is 4.98 Å². The summed E-state index contributed by atoms with van der Waals surface area (Å²) in [4.78, 5) is 16.5. The van der Waals surface area contributed by atoms with Gasteiger partial charge < -0.3 is 24.7 Å². The second kappa shape index (κ2) is 7.26. The summed E-state index contributed by atoms with van der Waals surface area (Å²) in [5, 5.41) is 19.7. The summed E-state index contributed by atoms with van der Waals surface area (Å²) in [5.74, 6) is 1.86. The molecule has 2 heterocycles. The van der Waals surface area contributed by atoms with E-state index in [2.05, 4.69) is 20.8 Å². The molecule has 8 nitrogen and oxygen atoms in total. The van der Waals surface area contributed by atoms with Crippen molar-refractivity contribution in [3.8, 4) is 0 Å². The number of nitrogens with one attached hydrogen (secondary N) is 2. The lowest BCUT2D eigenvalue weighted by Crippen LogP contribution is -2.44. The van der Waals surface area contributed by atoms with Crippen molar-refractivity contribution < 1.29 is 18.8 Å². The van der Waals surface area contributed by atoms with Crippen molar-refractivity contribution in [2.75, 3.05) is 6.54 Å². The highest BCUT2D eigenvalue weighted by Gasteiger charge is 2.28. The highest BCUT2D eigenvalue weighted by atomic mass is 16.5. The number of nitrogens with zero attached hydrogens (tertiary/aromatic N) is 2. The highest BCUT2D eigenvalue weighted by Crippen LogP contribution is 2.32. The summed E-state index contributed by atoms with van der Waals surface area (Å²) in [6, 6.07) is 2.49. The maximum absolute atomic E-state index is 12.1. The highest BCUT2D eigenvalue weighted by molar-refractivity contribution is 5.74. The number of aromatic nitrogens is 2. The molecule has 0 radical (unpaired) electrons. The van der Waals surface area contributed by atoms with Crippen LogP contribution in [0.15, 0.2) is 27.3 Å². The van der Waals surface area contributed by atoms with Crippen LogP contribution in [0.5, 0.6) is 0 Å². The zero-order valence-corrected chi connectivity index (χ0v) is 14.5. The molecule has 1 saturated carbocycles. The van der Waals surface area contributed by atoms with Gasteiger partial charge in [0, 0.05) is 5.92 Å². The van der Waals surface area contributed by atoms with Gasteiger partial charge in [-0.05, 0) is 38.8 Å². The van der Waals surface area contributed by atoms with E-state index in [-0.39, 0.29) is 6.54 Å². The Labute approximate surface area is 146 Å². The normalized spacial score (nSPS) is 18.7. The number of furan rings is 1. The molecule has 1 aliphatic rings. The zero-order valence-electron chi connectivity index (χ0n) is 14.5. The third-order valence-corrected chi connectivity index (χ3v) is 4.54. The van der Waals surface area contributed by atoms with Crippen LogP contribution in [0.3, 0.4) is 0 Å². The monoisotopic (exact) mass is 348 g/mol. The fourth-order valence-electron chi connectivity index (χ4n) is 3.01. The minimum Gasteiger partial charge on any atom is -0.466 e. The van der Waals surface area contributed by atoms with E-state index in [1.54, 1.807) is 26.0 Å². The third kappa shape index (κ3) is 4.19. The Morgan fingerprint density at radius 1 is 1.48 bits per heavy atom. The van der Waals surface area contributed by atoms with Crippen LogP contribution in [0.4, 0.5) is 4.79 Å². The summed E-state index contributed by atoms with van der Waals surface area (Å²) >= 11 is 0. The molecule has 25 heavy (non-hydrogen) atoms. The fourth-order valence-corrected chi connectivity index (χ4v) is 3.01. The molecule has 0 saturated heterocycles. The van der Waals surface area contributed by atoms with Crippen LogP contribution >= 0.6 is 0 Å². The number of urea groups is 1. The molecular formula is C17H24N4O4. The van der Waals surface area contributed by atoms with Gasteiger partial charge in [0.2, 0.25) is 5.89 Å². The number of rotatable bonds is 6. The maximum atomic E-state index is 12.1. The van der Waals surface area contributed by atoms with E-state index in [1.165, 1.54) is 19.1 Å². The molecule has 3 N–H and O–H groups in total. The summed E-state index contributed by atoms with van der Waals surface area (Å²) < 4.78 is 10.5. The molecule has 0 aliphatic heterocycles. The van der Waals surface area contributed by atoms with Crippen LogP contribution in [-0.4, -0.2) is 27.8 Å². The van der Waals surface area contributed by atoms with E-state index >= 15 is 0 Å². The molecule has 2 aromatic rings. The van der Waals surface area contributed by atoms with Crippen LogP contribution in [0, 0.1) is 0 Å². The Hall–Kier alpha value is -2.35. The maximum Gasteiger partial charge on any atom is 0.315 e. The lowest BCUT2D eigenvalue weighted by Gasteiger charge is -2.21. The Morgan fingerprint density at radius 2 is 2.24 bits per heavy atom. The first-order chi connectivity index (χ1) is 12.0. The second-order valence-corrected chi connectivity index (χ2v) is 6.77. The predicted molar refractivity (Wildman–Crippen MR) is 88.7 cm³/mol. The largest absolute Gasteiger partial charge is 0.466 e. The molecule has 1 aliphatic carbocycles. The first-order valence-electron chi connectivity index (χ1n) is 8.60. The van der Waals surface area contributed by atoms with Crippen LogP contribution in [0.25, 0.3) is 0 Å². The predicted octanol–water partition coefficient (Wildman–Crippen LogP) is 2.59. The molecule has 3 rings (SSSR count). The van der Waals surface area contributed by atoms with E-state index in [0.717, 1.165) is 18.7 Å². The van der Waals surface area contributed by atoms with Gasteiger partial charge in [-0.25, -0.2) is 4.79 Å². The summed E-state index contributed by atoms with van der Waals surface area (Å²) in [7, 11) is 0. The lowest BCUT2D eigenvalue weighted by atomic mass is 10.0. The van der Waals surface area contributed by atoms with Crippen molar-refractivity contribution in [1.82, 2.24) is 20.8 Å². The van der Waals surface area contributed by atoms with E-state index < -0.39 is 17.7 Å². The Kier molecular flexibility index (Phi) is 5.08. The lowest BCUT2D eigenvalue weighted by molar-refractivity contribution is 0.0366. The number of hydrogen-bond acceptors (Lipinski definition) is 6. The van der Waals surface area contributed by atoms with Crippen LogP contribution in [-0.2, 0) is 5.60 Å². The standard InChI is InChI=1S/C17H24N4O4/c1-11(15-20-14(21-25-15)12-6-3-4-7-12)19-16(22)18-10-17(2,23)13-8-5-9-24-13/h5,8-9,11-12,23H,3-4,6-7,10H2,1-2H3,(H2,18,19,22). The summed E-state index contributed by atoms with van der Waals surface area (Å²) in [5.41, 5.74) is -1.29. The summed E-state index contributed by atoms with van der Waals surface area (Å²) in [6.07, 6.45) is 6.04. The first kappa shape index (κ1) is 17.5. The third-order valence-electron chi connectivity index (χ3n) is 4.54. The van der Waals surface area contributed by atoms with Crippen molar-refractivity contribution in [2.24, 2.45) is 0 Å². The topological polar surface area (TPSA) is 113 Å². The number of amides is 2. The van der Waals surface area contributed by atoms with Crippen molar-refractivity contribution >= 4 is 6.03 Å². The van der Waals surface area contributed by atoms with Gasteiger partial charge in [0.15, 0.2) is 5.82 Å². The quantitative estimate of drug-likeness (QED) is 0.739. The van der Waals surface area contributed by atoms with Gasteiger partial charge in [-0.1, -0.05) is 18.0 Å². The smallest absolute Gasteiger partial charge is 0.315 e. The Balaban J connectivity index is 1.50. The Morgan fingerprint density at radius 3 is 2.92 bits per heavy atom. The van der Waals surface area contributed by atoms with Crippen molar-refractivity contribution in [3.05, 3.63) is 35.9 Å². The minimum atomic E-state index is -1.29.